The van der Waals surface area contributed by atoms with E-state index in [9.17, 15) is 22.8 Å². The largest absolute Gasteiger partial charge is 0.471 e. The number of nitrogens with zero attached hydrogens (tertiary/aromatic N) is 2. The fourth-order valence-corrected chi connectivity index (χ4v) is 3.48. The molecule has 1 fully saturated rings. The predicted octanol–water partition coefficient (Wildman–Crippen LogP) is 4.49. The molecule has 1 aromatic rings. The number of alkyl halides is 3. The van der Waals surface area contributed by atoms with Crippen LogP contribution in [0.1, 0.15) is 27.7 Å². The van der Waals surface area contributed by atoms with Crippen molar-refractivity contribution in [2.75, 3.05) is 4.90 Å². The summed E-state index contributed by atoms with van der Waals surface area (Å²) in [6, 6.07) is 3.04. The molecule has 1 aromatic carbocycles. The summed E-state index contributed by atoms with van der Waals surface area (Å²) >= 11 is 11.9. The van der Waals surface area contributed by atoms with E-state index in [2.05, 4.69) is 0 Å². The molecule has 1 saturated heterocycles. The van der Waals surface area contributed by atoms with Gasteiger partial charge in [0.1, 0.15) is 12.2 Å². The summed E-state index contributed by atoms with van der Waals surface area (Å²) in [5, 5.41) is 0.465. The molecule has 25 heavy (non-hydrogen) atoms. The van der Waals surface area contributed by atoms with Crippen molar-refractivity contribution < 1.29 is 22.8 Å². The van der Waals surface area contributed by atoms with Crippen molar-refractivity contribution in [1.29, 1.82) is 0 Å². The summed E-state index contributed by atoms with van der Waals surface area (Å²) in [6.45, 7) is 6.23. The Morgan fingerprint density at radius 3 is 1.96 bits per heavy atom. The first-order valence-electron chi connectivity index (χ1n) is 7.44. The van der Waals surface area contributed by atoms with Gasteiger partial charge in [-0.2, -0.15) is 13.2 Å². The Balaban J connectivity index is 2.63. The van der Waals surface area contributed by atoms with E-state index in [-0.39, 0.29) is 15.7 Å². The lowest BCUT2D eigenvalue weighted by molar-refractivity contribution is -0.190. The lowest BCUT2D eigenvalue weighted by Crippen LogP contribution is -2.55. The highest BCUT2D eigenvalue weighted by Crippen LogP contribution is 2.41. The Morgan fingerprint density at radius 2 is 1.56 bits per heavy atom. The average molecular weight is 397 g/mol. The van der Waals surface area contributed by atoms with Gasteiger partial charge in [-0.15, -0.1) is 0 Å². The Bertz CT molecular complexity index is 696. The Morgan fingerprint density at radius 1 is 1.08 bits per heavy atom. The van der Waals surface area contributed by atoms with Crippen molar-refractivity contribution in [3.8, 4) is 0 Å². The quantitative estimate of drug-likeness (QED) is 0.701. The van der Waals surface area contributed by atoms with E-state index in [0.29, 0.717) is 4.90 Å². The normalized spacial score (nSPS) is 21.9. The van der Waals surface area contributed by atoms with E-state index < -0.39 is 35.6 Å². The summed E-state index contributed by atoms with van der Waals surface area (Å²) in [7, 11) is 0. The van der Waals surface area contributed by atoms with Gasteiger partial charge in [0.25, 0.3) is 5.91 Å². The molecular weight excluding hydrogens is 380 g/mol. The first-order chi connectivity index (χ1) is 11.2. The van der Waals surface area contributed by atoms with Crippen molar-refractivity contribution in [2.24, 2.45) is 5.41 Å². The summed E-state index contributed by atoms with van der Waals surface area (Å²) in [6.07, 6.45) is -6.22. The number of carbonyl (C=O) groups is 2. The summed E-state index contributed by atoms with van der Waals surface area (Å²) in [5.41, 5.74) is -0.609. The third-order valence-electron chi connectivity index (χ3n) is 3.90. The number of amides is 2. The number of hydrogen-bond acceptors (Lipinski definition) is 2. The van der Waals surface area contributed by atoms with Crippen molar-refractivity contribution >= 4 is 40.7 Å². The topological polar surface area (TPSA) is 40.6 Å². The summed E-state index contributed by atoms with van der Waals surface area (Å²) < 4.78 is 39.2. The van der Waals surface area contributed by atoms with Crippen LogP contribution in [-0.4, -0.2) is 35.1 Å². The molecular formula is C16H17Cl2F3N2O2. The molecule has 138 valence electrons. The average Bonchev–Trinajstić information content (AvgIpc) is 2.68. The van der Waals surface area contributed by atoms with E-state index in [4.69, 9.17) is 23.2 Å². The molecule has 0 spiro atoms. The van der Waals surface area contributed by atoms with Gasteiger partial charge in [-0.1, -0.05) is 44.0 Å². The molecule has 1 aliphatic rings. The second-order valence-corrected chi connectivity index (χ2v) is 7.83. The lowest BCUT2D eigenvalue weighted by Gasteiger charge is -2.40. The van der Waals surface area contributed by atoms with Gasteiger partial charge in [0.05, 0.1) is 0 Å². The van der Waals surface area contributed by atoms with Crippen molar-refractivity contribution in [1.82, 2.24) is 4.90 Å². The highest BCUT2D eigenvalue weighted by atomic mass is 35.5. The van der Waals surface area contributed by atoms with Gasteiger partial charge in [-0.05, 0) is 25.1 Å². The molecule has 2 atom stereocenters. The molecule has 0 saturated carbocycles. The maximum absolute atomic E-state index is 13.1. The van der Waals surface area contributed by atoms with Crippen molar-refractivity contribution in [3.05, 3.63) is 28.2 Å². The number of halogens is 5. The first-order valence-corrected chi connectivity index (χ1v) is 8.19. The van der Waals surface area contributed by atoms with Gasteiger partial charge in [-0.3, -0.25) is 14.5 Å². The zero-order valence-corrected chi connectivity index (χ0v) is 15.5. The third-order valence-corrected chi connectivity index (χ3v) is 4.33. The van der Waals surface area contributed by atoms with Gasteiger partial charge in [0, 0.05) is 21.1 Å². The van der Waals surface area contributed by atoms with Crippen LogP contribution in [0.5, 0.6) is 0 Å². The highest BCUT2D eigenvalue weighted by Gasteiger charge is 2.57. The number of hydrogen-bond donors (Lipinski definition) is 0. The van der Waals surface area contributed by atoms with Crippen molar-refractivity contribution in [3.63, 3.8) is 0 Å². The van der Waals surface area contributed by atoms with Crippen LogP contribution in [0.4, 0.5) is 18.9 Å². The highest BCUT2D eigenvalue weighted by molar-refractivity contribution is 6.35. The van der Waals surface area contributed by atoms with Crippen LogP contribution >= 0.6 is 23.2 Å². The van der Waals surface area contributed by atoms with Crippen LogP contribution in [-0.2, 0) is 9.59 Å². The number of carbonyl (C=O) groups excluding carboxylic acids is 2. The van der Waals surface area contributed by atoms with E-state index >= 15 is 0 Å². The van der Waals surface area contributed by atoms with Crippen molar-refractivity contribution in [2.45, 2.75) is 46.1 Å². The van der Waals surface area contributed by atoms with Crippen LogP contribution in [0.25, 0.3) is 0 Å². The molecule has 1 aliphatic heterocycles. The van der Waals surface area contributed by atoms with Crippen LogP contribution in [0.2, 0.25) is 10.0 Å². The monoisotopic (exact) mass is 396 g/mol. The van der Waals surface area contributed by atoms with E-state index in [1.165, 1.54) is 25.1 Å². The summed E-state index contributed by atoms with van der Waals surface area (Å²) in [4.78, 5) is 26.4. The molecule has 2 rings (SSSR count). The Kier molecular flexibility index (Phi) is 5.05. The van der Waals surface area contributed by atoms with Crippen LogP contribution in [0, 0.1) is 5.41 Å². The smallest absolute Gasteiger partial charge is 0.302 e. The molecule has 0 radical (unpaired) electrons. The molecule has 9 heteroatoms. The zero-order chi connectivity index (χ0) is 19.3. The Hall–Kier alpha value is -1.47. The third kappa shape index (κ3) is 3.72. The second-order valence-electron chi connectivity index (χ2n) is 6.96. The minimum atomic E-state index is -5.08. The minimum Gasteiger partial charge on any atom is -0.302 e. The molecule has 0 bridgehead atoms. The Labute approximate surface area is 153 Å². The zero-order valence-electron chi connectivity index (χ0n) is 14.0. The van der Waals surface area contributed by atoms with E-state index in [1.54, 1.807) is 20.8 Å². The first kappa shape index (κ1) is 19.8. The standard InChI is InChI=1S/C16H17Cl2F3N2O2/c1-8-12(24)23(11-6-9(17)5-10(18)7-11)13(15(2,3)4)22(8)14(25)16(19,20)21/h5-8,13H,1-4H3/t8-,13+/m1/s1. The van der Waals surface area contributed by atoms with Gasteiger partial charge in [-0.25, -0.2) is 0 Å². The molecule has 0 N–H and O–H groups in total. The molecule has 1 heterocycles. The van der Waals surface area contributed by atoms with Crippen LogP contribution in [0.3, 0.4) is 0 Å². The second kappa shape index (κ2) is 6.36. The fraction of sp³-hybridized carbons (Fsp3) is 0.500. The molecule has 0 aromatic heterocycles. The van der Waals surface area contributed by atoms with E-state index in [0.717, 1.165) is 4.90 Å². The number of benzene rings is 1. The maximum atomic E-state index is 13.1. The fourth-order valence-electron chi connectivity index (χ4n) is 2.96. The van der Waals surface area contributed by atoms with E-state index in [1.807, 2.05) is 0 Å². The van der Waals surface area contributed by atoms with Gasteiger partial charge >= 0.3 is 12.1 Å². The van der Waals surface area contributed by atoms with Gasteiger partial charge < -0.3 is 4.90 Å². The number of rotatable bonds is 1. The SMILES string of the molecule is C[C@@H]1C(=O)N(c2cc(Cl)cc(Cl)c2)[C@@H](C(C)(C)C)N1C(=O)C(F)(F)F. The molecule has 2 amide bonds. The summed E-state index contributed by atoms with van der Waals surface area (Å²) in [5.74, 6) is -2.68. The molecule has 4 nitrogen and oxygen atoms in total. The molecule has 0 unspecified atom stereocenters. The predicted molar refractivity (Wildman–Crippen MR) is 89.6 cm³/mol. The van der Waals surface area contributed by atoms with Crippen LogP contribution in [0.15, 0.2) is 18.2 Å². The lowest BCUT2D eigenvalue weighted by atomic mass is 9.90. The van der Waals surface area contributed by atoms with Gasteiger partial charge in [0.15, 0.2) is 0 Å². The minimum absolute atomic E-state index is 0.233. The molecule has 0 aliphatic carbocycles. The number of anilines is 1. The van der Waals surface area contributed by atoms with Crippen LogP contribution < -0.4 is 4.90 Å². The maximum Gasteiger partial charge on any atom is 0.471 e. The van der Waals surface area contributed by atoms with Gasteiger partial charge in [0.2, 0.25) is 0 Å².